The van der Waals surface area contributed by atoms with Crippen molar-refractivity contribution >= 4 is 16.7 Å². The Balaban J connectivity index is 2.13. The van der Waals surface area contributed by atoms with Gasteiger partial charge in [0.15, 0.2) is 23.5 Å². The van der Waals surface area contributed by atoms with E-state index in [9.17, 15) is 28.0 Å². The van der Waals surface area contributed by atoms with Gasteiger partial charge in [-0.05, 0) is 61.3 Å². The number of rotatable bonds is 5. The molecule has 0 aliphatic heterocycles. The predicted molar refractivity (Wildman–Crippen MR) is 112 cm³/mol. The van der Waals surface area contributed by atoms with E-state index < -0.39 is 33.2 Å². The minimum Gasteiger partial charge on any atom is -0.504 e. The van der Waals surface area contributed by atoms with Crippen LogP contribution in [0.15, 0.2) is 17.7 Å². The fourth-order valence-corrected chi connectivity index (χ4v) is 6.34. The van der Waals surface area contributed by atoms with E-state index >= 15 is 0 Å². The first-order valence-corrected chi connectivity index (χ1v) is 11.5. The van der Waals surface area contributed by atoms with Crippen LogP contribution in [0, 0.1) is 22.7 Å². The lowest BCUT2D eigenvalue weighted by Crippen LogP contribution is -2.49. The van der Waals surface area contributed by atoms with Crippen LogP contribution < -0.4 is 4.18 Å². The lowest BCUT2D eigenvalue weighted by atomic mass is 9.48. The summed E-state index contributed by atoms with van der Waals surface area (Å²) in [6.07, 6.45) is 6.92. The maximum atomic E-state index is 11.5. The Morgan fingerprint density at radius 1 is 1.23 bits per heavy atom. The summed E-state index contributed by atoms with van der Waals surface area (Å²) in [7, 11) is -4.94. The van der Waals surface area contributed by atoms with Gasteiger partial charge in [-0.2, -0.15) is 8.42 Å². The number of carbonyl (C=O) groups is 1. The van der Waals surface area contributed by atoms with Crippen LogP contribution in [0.1, 0.15) is 69.3 Å². The lowest BCUT2D eigenvalue weighted by molar-refractivity contribution is -0.0368. The standard InChI is InChI=1S/C22H30O7S/c1-13-6-7-18-21(2,3)8-5-9-22(18,4)16(13)10-14-11-17(24)19(25)15(12-23)20(14)29-30(26,27)28/h6,11-12,16,18,24-25H,5,7-10H2,1-4H3,(H,26,27,28)/t16-,18?,22+/m0/s1. The summed E-state index contributed by atoms with van der Waals surface area (Å²) in [4.78, 5) is 11.5. The Kier molecular flexibility index (Phi) is 5.71. The molecule has 7 nitrogen and oxygen atoms in total. The zero-order chi connectivity index (χ0) is 22.5. The molecule has 166 valence electrons. The molecule has 0 spiro atoms. The third-order valence-corrected chi connectivity index (χ3v) is 7.75. The summed E-state index contributed by atoms with van der Waals surface area (Å²) in [5.41, 5.74) is 0.981. The fraction of sp³-hybridized carbons (Fsp3) is 0.591. The topological polar surface area (TPSA) is 121 Å². The van der Waals surface area contributed by atoms with Crippen molar-refractivity contribution in [3.8, 4) is 17.2 Å². The quantitative estimate of drug-likeness (QED) is 0.269. The summed E-state index contributed by atoms with van der Waals surface area (Å²) < 4.78 is 36.7. The first-order chi connectivity index (χ1) is 13.8. The number of carbonyl (C=O) groups excluding carboxylic acids is 1. The lowest BCUT2D eigenvalue weighted by Gasteiger charge is -2.57. The van der Waals surface area contributed by atoms with Gasteiger partial charge in [-0.15, -0.1) is 0 Å². The van der Waals surface area contributed by atoms with Crippen LogP contribution >= 0.6 is 0 Å². The Morgan fingerprint density at radius 2 is 1.90 bits per heavy atom. The molecule has 0 amide bonds. The smallest absolute Gasteiger partial charge is 0.446 e. The summed E-state index contributed by atoms with van der Waals surface area (Å²) in [5.74, 6) is -1.34. The SMILES string of the molecule is CC1=CCC2C(C)(C)CCC[C@]2(C)[C@H]1Cc1cc(O)c(O)c(C=O)c1OS(=O)(=O)O. The molecule has 0 saturated heterocycles. The molecule has 1 aromatic carbocycles. The van der Waals surface area contributed by atoms with Crippen LogP contribution in [0.4, 0.5) is 0 Å². The molecule has 30 heavy (non-hydrogen) atoms. The van der Waals surface area contributed by atoms with Gasteiger partial charge in [-0.3, -0.25) is 9.35 Å². The van der Waals surface area contributed by atoms with Crippen LogP contribution in [0.2, 0.25) is 0 Å². The van der Waals surface area contributed by atoms with E-state index in [2.05, 4.69) is 31.0 Å². The van der Waals surface area contributed by atoms with E-state index in [-0.39, 0.29) is 28.6 Å². The molecular formula is C22H30O7S. The van der Waals surface area contributed by atoms with Crippen molar-refractivity contribution < 1.29 is 32.2 Å². The molecule has 8 heteroatoms. The molecule has 2 aliphatic rings. The summed E-state index contributed by atoms with van der Waals surface area (Å²) >= 11 is 0. The number of benzene rings is 1. The summed E-state index contributed by atoms with van der Waals surface area (Å²) in [6.45, 7) is 8.86. The van der Waals surface area contributed by atoms with E-state index in [0.717, 1.165) is 31.3 Å². The second-order valence-corrected chi connectivity index (χ2v) is 10.6. The molecule has 3 rings (SSSR count). The maximum absolute atomic E-state index is 11.5. The van der Waals surface area contributed by atoms with Crippen molar-refractivity contribution in [2.75, 3.05) is 0 Å². The molecule has 0 heterocycles. The molecule has 1 unspecified atom stereocenters. The average Bonchev–Trinajstić information content (AvgIpc) is 2.60. The first kappa shape index (κ1) is 22.6. The number of fused-ring (bicyclic) bond motifs is 1. The van der Waals surface area contributed by atoms with E-state index in [1.807, 2.05) is 6.92 Å². The number of hydrogen-bond acceptors (Lipinski definition) is 6. The number of aromatic hydroxyl groups is 2. The minimum atomic E-state index is -4.94. The normalized spacial score (nSPS) is 28.4. The highest BCUT2D eigenvalue weighted by molar-refractivity contribution is 7.81. The Labute approximate surface area is 177 Å². The predicted octanol–water partition coefficient (Wildman–Crippen LogP) is 4.43. The van der Waals surface area contributed by atoms with Crippen LogP contribution in [0.25, 0.3) is 0 Å². The highest BCUT2D eigenvalue weighted by atomic mass is 32.3. The Bertz CT molecular complexity index is 993. The van der Waals surface area contributed by atoms with Crippen LogP contribution in [-0.2, 0) is 16.8 Å². The summed E-state index contributed by atoms with van der Waals surface area (Å²) in [5, 5.41) is 20.1. The molecule has 1 aromatic rings. The molecule has 0 radical (unpaired) electrons. The molecule has 2 aliphatic carbocycles. The molecule has 0 bridgehead atoms. The van der Waals surface area contributed by atoms with Gasteiger partial charge in [0, 0.05) is 5.56 Å². The van der Waals surface area contributed by atoms with E-state index in [1.165, 1.54) is 6.07 Å². The average molecular weight is 439 g/mol. The fourth-order valence-electron chi connectivity index (χ4n) is 5.93. The number of aldehydes is 1. The van der Waals surface area contributed by atoms with Crippen molar-refractivity contribution in [2.45, 2.75) is 59.8 Å². The van der Waals surface area contributed by atoms with Crippen molar-refractivity contribution in [2.24, 2.45) is 22.7 Å². The molecule has 1 saturated carbocycles. The second kappa shape index (κ2) is 7.57. The van der Waals surface area contributed by atoms with Gasteiger partial charge in [0.05, 0.1) is 0 Å². The molecule has 0 aromatic heterocycles. The van der Waals surface area contributed by atoms with Gasteiger partial charge in [-0.25, -0.2) is 0 Å². The largest absolute Gasteiger partial charge is 0.504 e. The van der Waals surface area contributed by atoms with E-state index in [1.54, 1.807) is 0 Å². The van der Waals surface area contributed by atoms with Gasteiger partial charge in [0.25, 0.3) is 0 Å². The maximum Gasteiger partial charge on any atom is 0.446 e. The van der Waals surface area contributed by atoms with E-state index in [0.29, 0.717) is 12.3 Å². The molecule has 1 fully saturated rings. The van der Waals surface area contributed by atoms with Crippen molar-refractivity contribution in [1.29, 1.82) is 0 Å². The van der Waals surface area contributed by atoms with E-state index in [4.69, 9.17) is 0 Å². The van der Waals surface area contributed by atoms with Gasteiger partial charge >= 0.3 is 10.4 Å². The van der Waals surface area contributed by atoms with Crippen LogP contribution in [0.5, 0.6) is 17.2 Å². The van der Waals surface area contributed by atoms with Gasteiger partial charge in [0.1, 0.15) is 5.56 Å². The monoisotopic (exact) mass is 438 g/mol. The van der Waals surface area contributed by atoms with Gasteiger partial charge in [-0.1, -0.05) is 38.8 Å². The van der Waals surface area contributed by atoms with Crippen molar-refractivity contribution in [3.63, 3.8) is 0 Å². The van der Waals surface area contributed by atoms with Crippen LogP contribution in [0.3, 0.4) is 0 Å². The number of hydrogen-bond donors (Lipinski definition) is 3. The Hall–Kier alpha value is -2.06. The number of phenols is 2. The number of allylic oxidation sites excluding steroid dienone is 2. The first-order valence-electron chi connectivity index (χ1n) is 10.2. The number of phenolic OH excluding ortho intramolecular Hbond substituents is 2. The van der Waals surface area contributed by atoms with Gasteiger partial charge < -0.3 is 14.4 Å². The molecule has 3 atom stereocenters. The zero-order valence-corrected chi connectivity index (χ0v) is 18.6. The Morgan fingerprint density at radius 3 is 2.50 bits per heavy atom. The highest BCUT2D eigenvalue weighted by Crippen LogP contribution is 2.60. The second-order valence-electron chi connectivity index (χ2n) is 9.62. The zero-order valence-electron chi connectivity index (χ0n) is 17.8. The van der Waals surface area contributed by atoms with Crippen molar-refractivity contribution in [3.05, 3.63) is 28.8 Å². The highest BCUT2D eigenvalue weighted by Gasteiger charge is 2.51. The van der Waals surface area contributed by atoms with Crippen LogP contribution in [-0.4, -0.2) is 29.5 Å². The third-order valence-electron chi connectivity index (χ3n) is 7.37. The molecular weight excluding hydrogens is 408 g/mol. The minimum absolute atomic E-state index is 0.0167. The molecule has 3 N–H and O–H groups in total. The third kappa shape index (κ3) is 3.95. The van der Waals surface area contributed by atoms with Gasteiger partial charge in [0.2, 0.25) is 0 Å². The summed E-state index contributed by atoms with van der Waals surface area (Å²) in [6, 6.07) is 1.21. The van der Waals surface area contributed by atoms with Crippen molar-refractivity contribution in [1.82, 2.24) is 0 Å².